The standard InChI is InChI=1S/C11H17NO3.ClH/c1-7(2)9(6-13)12-5-4-10(14)11(15)8(12)3;/h4-5,7,9,13,15H,6H2,1-3H3;1H/t9-;/m0./s1. The van der Waals surface area contributed by atoms with Gasteiger partial charge in [-0.2, -0.15) is 0 Å². The van der Waals surface area contributed by atoms with Crippen molar-refractivity contribution in [2.24, 2.45) is 5.92 Å². The minimum Gasteiger partial charge on any atom is -0.503 e. The third-order valence-corrected chi connectivity index (χ3v) is 2.66. The van der Waals surface area contributed by atoms with Crippen molar-refractivity contribution >= 4 is 12.4 Å². The van der Waals surface area contributed by atoms with Gasteiger partial charge in [0.2, 0.25) is 5.43 Å². The Hall–Kier alpha value is -1.00. The van der Waals surface area contributed by atoms with Crippen LogP contribution >= 0.6 is 12.4 Å². The Kier molecular flexibility index (Phi) is 5.55. The van der Waals surface area contributed by atoms with Crippen LogP contribution in [0.3, 0.4) is 0 Å². The molecule has 0 radical (unpaired) electrons. The number of hydrogen-bond donors (Lipinski definition) is 2. The van der Waals surface area contributed by atoms with Crippen LogP contribution in [0.4, 0.5) is 0 Å². The summed E-state index contributed by atoms with van der Waals surface area (Å²) in [5.74, 6) is -0.00722. The van der Waals surface area contributed by atoms with E-state index in [0.717, 1.165) is 0 Å². The average molecular weight is 248 g/mol. The van der Waals surface area contributed by atoms with Crippen LogP contribution in [0.25, 0.3) is 0 Å². The van der Waals surface area contributed by atoms with E-state index in [1.54, 1.807) is 17.7 Å². The molecule has 0 unspecified atom stereocenters. The van der Waals surface area contributed by atoms with E-state index in [2.05, 4.69) is 0 Å². The molecule has 2 N–H and O–H groups in total. The Bertz CT molecular complexity index is 401. The van der Waals surface area contributed by atoms with Gasteiger partial charge in [0, 0.05) is 12.3 Å². The zero-order valence-corrected chi connectivity index (χ0v) is 10.5. The van der Waals surface area contributed by atoms with Gasteiger partial charge in [0.05, 0.1) is 18.3 Å². The molecule has 92 valence electrons. The highest BCUT2D eigenvalue weighted by molar-refractivity contribution is 5.85. The summed E-state index contributed by atoms with van der Waals surface area (Å²) in [5.41, 5.74) is 0.111. The number of hydrogen-bond acceptors (Lipinski definition) is 3. The number of halogens is 1. The first-order valence-corrected chi connectivity index (χ1v) is 5.00. The van der Waals surface area contributed by atoms with Crippen molar-refractivity contribution in [3.8, 4) is 5.75 Å². The lowest BCUT2D eigenvalue weighted by Gasteiger charge is -2.24. The van der Waals surface area contributed by atoms with Crippen LogP contribution in [0.15, 0.2) is 17.1 Å². The first kappa shape index (κ1) is 15.0. The van der Waals surface area contributed by atoms with Crippen LogP contribution in [0, 0.1) is 12.8 Å². The fourth-order valence-electron chi connectivity index (χ4n) is 1.62. The number of rotatable bonds is 3. The molecule has 1 atom stereocenters. The van der Waals surface area contributed by atoms with Crippen LogP contribution in [-0.2, 0) is 0 Å². The molecule has 0 bridgehead atoms. The average Bonchev–Trinajstić information content (AvgIpc) is 2.18. The maximum atomic E-state index is 11.1. The highest BCUT2D eigenvalue weighted by atomic mass is 35.5. The van der Waals surface area contributed by atoms with E-state index in [9.17, 15) is 15.0 Å². The molecule has 0 fully saturated rings. The van der Waals surface area contributed by atoms with E-state index < -0.39 is 0 Å². The van der Waals surface area contributed by atoms with Crippen molar-refractivity contribution in [2.75, 3.05) is 6.61 Å². The summed E-state index contributed by atoms with van der Waals surface area (Å²) in [5, 5.41) is 18.8. The van der Waals surface area contributed by atoms with Gasteiger partial charge in [-0.1, -0.05) is 13.8 Å². The molecule has 1 aromatic heterocycles. The molecule has 0 amide bonds. The molecule has 0 aromatic carbocycles. The van der Waals surface area contributed by atoms with Crippen LogP contribution in [0.2, 0.25) is 0 Å². The third-order valence-electron chi connectivity index (χ3n) is 2.66. The van der Waals surface area contributed by atoms with Gasteiger partial charge in [0.1, 0.15) is 0 Å². The monoisotopic (exact) mass is 247 g/mol. The summed E-state index contributed by atoms with van der Waals surface area (Å²) >= 11 is 0. The molecule has 0 aliphatic carbocycles. The molecule has 0 spiro atoms. The Balaban J connectivity index is 0.00000225. The second kappa shape index (κ2) is 5.92. The SMILES string of the molecule is Cc1c(O)c(=O)ccn1[C@@H](CO)C(C)C.Cl. The van der Waals surface area contributed by atoms with Gasteiger partial charge < -0.3 is 14.8 Å². The Morgan fingerprint density at radius 2 is 2.00 bits per heavy atom. The second-order valence-corrected chi connectivity index (χ2v) is 4.02. The first-order chi connectivity index (χ1) is 6.99. The fraction of sp³-hybridized carbons (Fsp3) is 0.545. The van der Waals surface area contributed by atoms with Gasteiger partial charge in [-0.3, -0.25) is 4.79 Å². The first-order valence-electron chi connectivity index (χ1n) is 5.00. The van der Waals surface area contributed by atoms with Crippen molar-refractivity contribution in [2.45, 2.75) is 26.8 Å². The highest BCUT2D eigenvalue weighted by Gasteiger charge is 2.17. The summed E-state index contributed by atoms with van der Waals surface area (Å²) in [4.78, 5) is 11.1. The van der Waals surface area contributed by atoms with E-state index in [0.29, 0.717) is 5.69 Å². The van der Waals surface area contributed by atoms with E-state index in [1.165, 1.54) is 6.07 Å². The minimum absolute atomic E-state index is 0. The smallest absolute Gasteiger partial charge is 0.223 e. The second-order valence-electron chi connectivity index (χ2n) is 4.02. The molecule has 1 aromatic rings. The van der Waals surface area contributed by atoms with Crippen LogP contribution in [-0.4, -0.2) is 21.4 Å². The van der Waals surface area contributed by atoms with Crippen LogP contribution in [0.1, 0.15) is 25.6 Å². The van der Waals surface area contributed by atoms with E-state index in [1.807, 2.05) is 13.8 Å². The summed E-state index contributed by atoms with van der Waals surface area (Å²) < 4.78 is 1.74. The molecular formula is C11H18ClNO3. The molecule has 1 rings (SSSR count). The largest absolute Gasteiger partial charge is 0.503 e. The lowest BCUT2D eigenvalue weighted by Crippen LogP contribution is -2.22. The van der Waals surface area contributed by atoms with Gasteiger partial charge in [-0.15, -0.1) is 12.4 Å². The van der Waals surface area contributed by atoms with E-state index in [-0.39, 0.29) is 42.2 Å². The summed E-state index contributed by atoms with van der Waals surface area (Å²) in [7, 11) is 0. The molecule has 4 nitrogen and oxygen atoms in total. The van der Waals surface area contributed by atoms with E-state index in [4.69, 9.17) is 0 Å². The Morgan fingerprint density at radius 3 is 2.44 bits per heavy atom. The van der Waals surface area contributed by atoms with Crippen molar-refractivity contribution in [1.82, 2.24) is 4.57 Å². The summed E-state index contributed by atoms with van der Waals surface area (Å²) in [6.07, 6.45) is 1.61. The molecule has 1 heterocycles. The fourth-order valence-corrected chi connectivity index (χ4v) is 1.62. The molecular weight excluding hydrogens is 230 g/mol. The number of pyridine rings is 1. The summed E-state index contributed by atoms with van der Waals surface area (Å²) in [6.45, 7) is 5.62. The lowest BCUT2D eigenvalue weighted by molar-refractivity contribution is 0.189. The zero-order valence-electron chi connectivity index (χ0n) is 9.67. The molecule has 0 aliphatic heterocycles. The zero-order chi connectivity index (χ0) is 11.6. The van der Waals surface area contributed by atoms with Crippen LogP contribution in [0.5, 0.6) is 5.75 Å². The molecule has 16 heavy (non-hydrogen) atoms. The van der Waals surface area contributed by atoms with Gasteiger partial charge in [-0.05, 0) is 12.8 Å². The predicted octanol–water partition coefficient (Wildman–Crippen LogP) is 1.47. The van der Waals surface area contributed by atoms with E-state index >= 15 is 0 Å². The molecule has 0 saturated carbocycles. The van der Waals surface area contributed by atoms with Gasteiger partial charge in [0.15, 0.2) is 5.75 Å². The van der Waals surface area contributed by atoms with Crippen molar-refractivity contribution in [1.29, 1.82) is 0 Å². The number of nitrogens with zero attached hydrogens (tertiary/aromatic N) is 1. The number of aliphatic hydroxyl groups excluding tert-OH is 1. The maximum Gasteiger partial charge on any atom is 0.223 e. The lowest BCUT2D eigenvalue weighted by atomic mass is 10.0. The number of aliphatic hydroxyl groups is 1. The Morgan fingerprint density at radius 1 is 1.44 bits per heavy atom. The van der Waals surface area contributed by atoms with Gasteiger partial charge in [0.25, 0.3) is 0 Å². The van der Waals surface area contributed by atoms with Gasteiger partial charge in [-0.25, -0.2) is 0 Å². The normalized spacial score (nSPS) is 12.3. The molecule has 0 aliphatic rings. The third kappa shape index (κ3) is 2.77. The topological polar surface area (TPSA) is 62.5 Å². The quantitative estimate of drug-likeness (QED) is 0.850. The maximum absolute atomic E-state index is 11.1. The van der Waals surface area contributed by atoms with Crippen molar-refractivity contribution in [3.63, 3.8) is 0 Å². The summed E-state index contributed by atoms with van der Waals surface area (Å²) in [6, 6.07) is 1.20. The predicted molar refractivity (Wildman–Crippen MR) is 65.3 cm³/mol. The highest BCUT2D eigenvalue weighted by Crippen LogP contribution is 2.21. The molecule has 0 saturated heterocycles. The van der Waals surface area contributed by atoms with Crippen molar-refractivity contribution < 1.29 is 10.2 Å². The van der Waals surface area contributed by atoms with Gasteiger partial charge >= 0.3 is 0 Å². The number of aromatic hydroxyl groups is 1. The Labute approximate surface area is 101 Å². The number of aromatic nitrogens is 1. The minimum atomic E-state index is -0.385. The van der Waals surface area contributed by atoms with Crippen molar-refractivity contribution in [3.05, 3.63) is 28.2 Å². The van der Waals surface area contributed by atoms with Crippen LogP contribution < -0.4 is 5.43 Å². The molecule has 5 heteroatoms.